The summed E-state index contributed by atoms with van der Waals surface area (Å²) in [5, 5.41) is 12.6. The van der Waals surface area contributed by atoms with Gasteiger partial charge in [0, 0.05) is 4.88 Å². The molecule has 0 radical (unpaired) electrons. The number of aryl methyl sites for hydroxylation is 1. The van der Waals surface area contributed by atoms with Gasteiger partial charge in [-0.3, -0.25) is 9.59 Å². The average Bonchev–Trinajstić information content (AvgIpc) is 2.71. The van der Waals surface area contributed by atoms with E-state index >= 15 is 0 Å². The number of carbonyl (C=O) groups excluding carboxylic acids is 2. The summed E-state index contributed by atoms with van der Waals surface area (Å²) in [5.74, 6) is -0.404. The van der Waals surface area contributed by atoms with E-state index in [0.29, 0.717) is 10.6 Å². The minimum atomic E-state index is -0.387. The Kier molecular flexibility index (Phi) is 6.48. The molecule has 1 aliphatic rings. The largest absolute Gasteiger partial charge is 0.468 e. The van der Waals surface area contributed by atoms with E-state index in [1.54, 1.807) is 6.92 Å². The first kappa shape index (κ1) is 17.8. The van der Waals surface area contributed by atoms with Gasteiger partial charge in [-0.2, -0.15) is 5.26 Å². The second kappa shape index (κ2) is 8.37. The molecule has 1 aromatic rings. The van der Waals surface area contributed by atoms with Crippen molar-refractivity contribution in [1.29, 1.82) is 5.26 Å². The number of nitriles is 1. The Morgan fingerprint density at radius 2 is 2.13 bits per heavy atom. The third kappa shape index (κ3) is 4.49. The standard InChI is InChI=1S/C16H20N2O3S2/c1-10(22-9-14(19)21-2)15(20)18-16-12(8-17)11-6-4-3-5-7-13(11)23-16/h10H,3-7,9H2,1-2H3,(H,18,20). The molecule has 1 aliphatic carbocycles. The maximum Gasteiger partial charge on any atom is 0.315 e. The highest BCUT2D eigenvalue weighted by Gasteiger charge is 2.23. The SMILES string of the molecule is COC(=O)CSC(C)C(=O)Nc1sc2c(c1C#N)CCCCC2. The van der Waals surface area contributed by atoms with E-state index in [9.17, 15) is 14.9 Å². The molecule has 0 aliphatic heterocycles. The summed E-state index contributed by atoms with van der Waals surface area (Å²) in [6, 6.07) is 2.25. The van der Waals surface area contributed by atoms with E-state index in [2.05, 4.69) is 16.1 Å². The second-order valence-corrected chi connectivity index (χ2v) is 7.83. The number of thiophene rings is 1. The quantitative estimate of drug-likeness (QED) is 0.650. The Balaban J connectivity index is 2.06. The molecule has 0 spiro atoms. The molecular weight excluding hydrogens is 332 g/mol. The monoisotopic (exact) mass is 352 g/mol. The van der Waals surface area contributed by atoms with E-state index in [1.807, 2.05) is 0 Å². The number of rotatable bonds is 5. The predicted molar refractivity (Wildman–Crippen MR) is 92.9 cm³/mol. The van der Waals surface area contributed by atoms with Crippen LogP contribution in [0.2, 0.25) is 0 Å². The average molecular weight is 352 g/mol. The van der Waals surface area contributed by atoms with Gasteiger partial charge in [-0.1, -0.05) is 6.42 Å². The van der Waals surface area contributed by atoms with Crippen LogP contribution in [0.5, 0.6) is 0 Å². The van der Waals surface area contributed by atoms with Crippen LogP contribution >= 0.6 is 23.1 Å². The third-order valence-corrected chi connectivity index (χ3v) is 6.14. The van der Waals surface area contributed by atoms with Gasteiger partial charge in [0.25, 0.3) is 0 Å². The number of fused-ring (bicyclic) bond motifs is 1. The highest BCUT2D eigenvalue weighted by atomic mass is 32.2. The van der Waals surface area contributed by atoms with Gasteiger partial charge in [-0.15, -0.1) is 23.1 Å². The smallest absolute Gasteiger partial charge is 0.315 e. The van der Waals surface area contributed by atoms with Crippen molar-refractivity contribution in [2.75, 3.05) is 18.2 Å². The number of nitrogens with zero attached hydrogens (tertiary/aromatic N) is 1. The molecule has 1 amide bonds. The van der Waals surface area contributed by atoms with Gasteiger partial charge in [0.05, 0.1) is 23.7 Å². The van der Waals surface area contributed by atoms with Gasteiger partial charge in [0.2, 0.25) is 5.91 Å². The highest BCUT2D eigenvalue weighted by Crippen LogP contribution is 2.37. The van der Waals surface area contributed by atoms with E-state index in [1.165, 1.54) is 41.5 Å². The Morgan fingerprint density at radius 1 is 1.39 bits per heavy atom. The zero-order valence-corrected chi connectivity index (χ0v) is 14.9. The van der Waals surface area contributed by atoms with Crippen LogP contribution in [0, 0.1) is 11.3 Å². The second-order valence-electron chi connectivity index (χ2n) is 5.40. The fourth-order valence-corrected chi connectivity index (χ4v) is 4.45. The third-order valence-electron chi connectivity index (χ3n) is 3.82. The lowest BCUT2D eigenvalue weighted by molar-refractivity contribution is -0.137. The lowest BCUT2D eigenvalue weighted by Gasteiger charge is -2.10. The molecule has 0 bridgehead atoms. The summed E-state index contributed by atoms with van der Waals surface area (Å²) in [6.07, 6.45) is 5.32. The number of esters is 1. The molecule has 1 atom stereocenters. The van der Waals surface area contributed by atoms with Crippen molar-refractivity contribution in [1.82, 2.24) is 0 Å². The molecule has 2 rings (SSSR count). The van der Waals surface area contributed by atoms with Crippen LogP contribution in [0.1, 0.15) is 42.2 Å². The minimum Gasteiger partial charge on any atom is -0.468 e. The number of hydrogen-bond acceptors (Lipinski definition) is 6. The molecule has 0 fully saturated rings. The molecule has 124 valence electrons. The van der Waals surface area contributed by atoms with Crippen LogP contribution in [-0.4, -0.2) is 30.0 Å². The summed E-state index contributed by atoms with van der Waals surface area (Å²) >= 11 is 2.74. The van der Waals surface area contributed by atoms with Crippen molar-refractivity contribution >= 4 is 40.0 Å². The summed E-state index contributed by atoms with van der Waals surface area (Å²) in [7, 11) is 1.32. The molecule has 0 aromatic carbocycles. The fourth-order valence-electron chi connectivity index (χ4n) is 2.49. The number of thioether (sulfide) groups is 1. The zero-order valence-electron chi connectivity index (χ0n) is 13.3. The minimum absolute atomic E-state index is 0.136. The number of ether oxygens (including phenoxy) is 1. The summed E-state index contributed by atoms with van der Waals surface area (Å²) in [6.45, 7) is 1.74. The van der Waals surface area contributed by atoms with Gasteiger partial charge in [-0.05, 0) is 38.2 Å². The number of hydrogen-bond donors (Lipinski definition) is 1. The first-order valence-electron chi connectivity index (χ1n) is 7.60. The first-order valence-corrected chi connectivity index (χ1v) is 9.47. The number of anilines is 1. The van der Waals surface area contributed by atoms with Gasteiger partial charge in [-0.25, -0.2) is 0 Å². The number of carbonyl (C=O) groups is 2. The van der Waals surface area contributed by atoms with Crippen LogP contribution in [0.3, 0.4) is 0 Å². The molecule has 1 N–H and O–H groups in total. The van der Waals surface area contributed by atoms with Gasteiger partial charge in [0.15, 0.2) is 0 Å². The van der Waals surface area contributed by atoms with Crippen molar-refractivity contribution < 1.29 is 14.3 Å². The molecule has 1 aromatic heterocycles. The van der Waals surface area contributed by atoms with E-state index in [0.717, 1.165) is 31.2 Å². The van der Waals surface area contributed by atoms with Crippen molar-refractivity contribution in [3.8, 4) is 6.07 Å². The fraction of sp³-hybridized carbons (Fsp3) is 0.562. The van der Waals surface area contributed by atoms with Crippen LogP contribution < -0.4 is 5.32 Å². The van der Waals surface area contributed by atoms with Crippen LogP contribution in [0.4, 0.5) is 5.00 Å². The maximum absolute atomic E-state index is 12.3. The van der Waals surface area contributed by atoms with Crippen molar-refractivity contribution in [2.24, 2.45) is 0 Å². The van der Waals surface area contributed by atoms with Gasteiger partial charge >= 0.3 is 5.97 Å². The molecule has 23 heavy (non-hydrogen) atoms. The van der Waals surface area contributed by atoms with Crippen LogP contribution in [-0.2, 0) is 27.2 Å². The lowest BCUT2D eigenvalue weighted by Crippen LogP contribution is -2.23. The number of methoxy groups -OCH3 is 1. The number of amides is 1. The maximum atomic E-state index is 12.3. The number of nitrogens with one attached hydrogen (secondary N) is 1. The molecule has 0 saturated carbocycles. The normalized spacial score (nSPS) is 15.0. The van der Waals surface area contributed by atoms with Crippen LogP contribution in [0.25, 0.3) is 0 Å². The highest BCUT2D eigenvalue weighted by molar-refractivity contribution is 8.01. The molecular formula is C16H20N2O3S2. The predicted octanol–water partition coefficient (Wildman–Crippen LogP) is 3.12. The molecule has 5 nitrogen and oxygen atoms in total. The zero-order chi connectivity index (χ0) is 16.8. The van der Waals surface area contributed by atoms with Gasteiger partial charge < -0.3 is 10.1 Å². The first-order chi connectivity index (χ1) is 11.1. The van der Waals surface area contributed by atoms with Crippen molar-refractivity contribution in [2.45, 2.75) is 44.3 Å². The van der Waals surface area contributed by atoms with E-state index in [-0.39, 0.29) is 22.9 Å². The summed E-state index contributed by atoms with van der Waals surface area (Å²) in [5.41, 5.74) is 1.73. The molecule has 7 heteroatoms. The van der Waals surface area contributed by atoms with E-state index in [4.69, 9.17) is 0 Å². The summed E-state index contributed by atoms with van der Waals surface area (Å²) in [4.78, 5) is 24.6. The van der Waals surface area contributed by atoms with E-state index < -0.39 is 0 Å². The topological polar surface area (TPSA) is 79.2 Å². The molecule has 0 saturated heterocycles. The van der Waals surface area contributed by atoms with Crippen molar-refractivity contribution in [3.63, 3.8) is 0 Å². The Hall–Kier alpha value is -1.52. The van der Waals surface area contributed by atoms with Crippen molar-refractivity contribution in [3.05, 3.63) is 16.0 Å². The summed E-state index contributed by atoms with van der Waals surface area (Å²) < 4.78 is 4.57. The van der Waals surface area contributed by atoms with Gasteiger partial charge in [0.1, 0.15) is 11.1 Å². The Bertz CT molecular complexity index is 634. The Morgan fingerprint density at radius 3 is 2.83 bits per heavy atom. The molecule has 1 unspecified atom stereocenters. The van der Waals surface area contributed by atoms with Crippen LogP contribution in [0.15, 0.2) is 0 Å². The lowest BCUT2D eigenvalue weighted by atomic mass is 10.1. The Labute approximate surface area is 144 Å². The molecule has 1 heterocycles.